The van der Waals surface area contributed by atoms with Crippen LogP contribution in [0.1, 0.15) is 36.6 Å². The van der Waals surface area contributed by atoms with E-state index in [0.29, 0.717) is 31.5 Å². The molecule has 1 fully saturated rings. The van der Waals surface area contributed by atoms with Crippen LogP contribution in [0, 0.1) is 6.92 Å². The summed E-state index contributed by atoms with van der Waals surface area (Å²) in [5.74, 6) is 0.599. The third-order valence-corrected chi connectivity index (χ3v) is 3.29. The zero-order chi connectivity index (χ0) is 13.3. The maximum atomic E-state index is 11.7. The van der Waals surface area contributed by atoms with Crippen LogP contribution in [0.2, 0.25) is 0 Å². The Morgan fingerprint density at radius 3 is 2.94 bits per heavy atom. The van der Waals surface area contributed by atoms with Crippen LogP contribution < -0.4 is 5.73 Å². The van der Waals surface area contributed by atoms with Gasteiger partial charge in [0.1, 0.15) is 11.6 Å². The second-order valence-corrected chi connectivity index (χ2v) is 4.75. The molecule has 2 N–H and O–H groups in total. The van der Waals surface area contributed by atoms with E-state index in [0.717, 1.165) is 6.42 Å². The number of nitrogens with two attached hydrogens (primary N) is 1. The van der Waals surface area contributed by atoms with Gasteiger partial charge in [-0.2, -0.15) is 0 Å². The molecular formula is C12H19N3O3. The normalized spacial score (nSPS) is 23.3. The first-order valence-corrected chi connectivity index (χ1v) is 6.10. The Labute approximate surface area is 106 Å². The molecule has 100 valence electrons. The fourth-order valence-corrected chi connectivity index (χ4v) is 2.41. The molecule has 0 aromatic carbocycles. The second kappa shape index (κ2) is 4.61. The molecule has 1 aliphatic heterocycles. The lowest BCUT2D eigenvalue weighted by Crippen LogP contribution is -2.32. The number of imidazole rings is 1. The van der Waals surface area contributed by atoms with Gasteiger partial charge < -0.3 is 19.8 Å². The van der Waals surface area contributed by atoms with E-state index in [1.165, 1.54) is 0 Å². The van der Waals surface area contributed by atoms with Gasteiger partial charge in [0.2, 0.25) is 0 Å². The molecule has 1 aromatic rings. The van der Waals surface area contributed by atoms with Crippen molar-refractivity contribution in [1.29, 1.82) is 0 Å². The summed E-state index contributed by atoms with van der Waals surface area (Å²) in [5, 5.41) is 0. The van der Waals surface area contributed by atoms with Crippen LogP contribution in [0.25, 0.3) is 0 Å². The zero-order valence-electron chi connectivity index (χ0n) is 11.0. The minimum absolute atomic E-state index is 0.197. The predicted octanol–water partition coefficient (Wildman–Crippen LogP) is 1.09. The van der Waals surface area contributed by atoms with E-state index in [9.17, 15) is 4.79 Å². The molecule has 1 saturated heterocycles. The van der Waals surface area contributed by atoms with Gasteiger partial charge in [-0.1, -0.05) is 0 Å². The number of nitrogen functional groups attached to an aromatic ring is 1. The van der Waals surface area contributed by atoms with E-state index in [4.69, 9.17) is 15.2 Å². The molecule has 2 heterocycles. The number of aryl methyl sites for hydroxylation is 1. The first-order valence-electron chi connectivity index (χ1n) is 6.10. The lowest BCUT2D eigenvalue weighted by Gasteiger charge is -2.26. The van der Waals surface area contributed by atoms with Crippen LogP contribution in [0.5, 0.6) is 0 Å². The topological polar surface area (TPSA) is 79.4 Å². The number of carbonyl (C=O) groups excluding carboxylic acids is 1. The molecule has 1 unspecified atom stereocenters. The minimum atomic E-state index is -0.473. The summed E-state index contributed by atoms with van der Waals surface area (Å²) < 4.78 is 12.2. The summed E-state index contributed by atoms with van der Waals surface area (Å²) in [5.41, 5.74) is 6.01. The van der Waals surface area contributed by atoms with Crippen molar-refractivity contribution in [2.45, 2.75) is 32.7 Å². The number of aromatic nitrogens is 2. The maximum Gasteiger partial charge on any atom is 0.360 e. The number of ether oxygens (including phenoxy) is 2. The number of esters is 1. The average molecular weight is 253 g/mol. The molecule has 0 bridgehead atoms. The van der Waals surface area contributed by atoms with Crippen molar-refractivity contribution in [3.63, 3.8) is 0 Å². The highest BCUT2D eigenvalue weighted by atomic mass is 16.5. The highest BCUT2D eigenvalue weighted by molar-refractivity contribution is 5.92. The molecule has 0 amide bonds. The quantitative estimate of drug-likeness (QED) is 0.815. The molecule has 6 nitrogen and oxygen atoms in total. The van der Waals surface area contributed by atoms with Crippen LogP contribution in [0.15, 0.2) is 0 Å². The van der Waals surface area contributed by atoms with Gasteiger partial charge >= 0.3 is 5.97 Å². The average Bonchev–Trinajstić information content (AvgIpc) is 2.84. The summed E-state index contributed by atoms with van der Waals surface area (Å²) in [7, 11) is 0. The van der Waals surface area contributed by atoms with E-state index >= 15 is 0 Å². The number of rotatable bonds is 3. The van der Waals surface area contributed by atoms with Gasteiger partial charge in [0.25, 0.3) is 0 Å². The number of nitrogens with zero attached hydrogens (tertiary/aromatic N) is 2. The Balaban J connectivity index is 2.41. The van der Waals surface area contributed by atoms with E-state index in [2.05, 4.69) is 11.9 Å². The first kappa shape index (κ1) is 12.9. The smallest absolute Gasteiger partial charge is 0.360 e. The zero-order valence-corrected chi connectivity index (χ0v) is 11.0. The van der Waals surface area contributed by atoms with Crippen molar-refractivity contribution in [3.05, 3.63) is 11.5 Å². The first-order chi connectivity index (χ1) is 8.49. The van der Waals surface area contributed by atoms with E-state index in [1.807, 2.05) is 11.5 Å². The molecule has 1 atom stereocenters. The third kappa shape index (κ3) is 1.96. The largest absolute Gasteiger partial charge is 0.461 e. The summed E-state index contributed by atoms with van der Waals surface area (Å²) in [4.78, 5) is 16.0. The number of hydrogen-bond acceptors (Lipinski definition) is 5. The van der Waals surface area contributed by atoms with Gasteiger partial charge in [0.05, 0.1) is 18.8 Å². The van der Waals surface area contributed by atoms with Crippen LogP contribution in [0.3, 0.4) is 0 Å². The lowest BCUT2D eigenvalue weighted by atomic mass is 10.0. The van der Waals surface area contributed by atoms with E-state index in [1.54, 1.807) is 6.92 Å². The van der Waals surface area contributed by atoms with Gasteiger partial charge in [-0.25, -0.2) is 9.78 Å². The van der Waals surface area contributed by atoms with Crippen molar-refractivity contribution in [2.75, 3.05) is 25.6 Å². The molecule has 0 spiro atoms. The molecule has 6 heteroatoms. The van der Waals surface area contributed by atoms with Gasteiger partial charge in [-0.05, 0) is 27.2 Å². The molecule has 2 rings (SSSR count). The van der Waals surface area contributed by atoms with Crippen LogP contribution >= 0.6 is 0 Å². The van der Waals surface area contributed by atoms with Crippen molar-refractivity contribution in [1.82, 2.24) is 9.55 Å². The predicted molar refractivity (Wildman–Crippen MR) is 66.4 cm³/mol. The number of carbonyl (C=O) groups is 1. The fourth-order valence-electron chi connectivity index (χ4n) is 2.41. The van der Waals surface area contributed by atoms with Gasteiger partial charge in [-0.15, -0.1) is 0 Å². The molecule has 1 aliphatic rings. The molecule has 18 heavy (non-hydrogen) atoms. The Morgan fingerprint density at radius 1 is 1.67 bits per heavy atom. The Kier molecular flexibility index (Phi) is 3.30. The van der Waals surface area contributed by atoms with Crippen LogP contribution in [0.4, 0.5) is 5.82 Å². The number of anilines is 1. The molecular weight excluding hydrogens is 234 g/mol. The third-order valence-electron chi connectivity index (χ3n) is 3.29. The molecule has 0 radical (unpaired) electrons. The Morgan fingerprint density at radius 2 is 2.39 bits per heavy atom. The Hall–Kier alpha value is -1.56. The monoisotopic (exact) mass is 253 g/mol. The van der Waals surface area contributed by atoms with Crippen molar-refractivity contribution in [3.8, 4) is 0 Å². The van der Waals surface area contributed by atoms with Crippen molar-refractivity contribution < 1.29 is 14.3 Å². The van der Waals surface area contributed by atoms with Crippen LogP contribution in [-0.2, 0) is 15.0 Å². The summed E-state index contributed by atoms with van der Waals surface area (Å²) in [6.45, 7) is 7.23. The lowest BCUT2D eigenvalue weighted by molar-refractivity contribution is 0.0521. The summed E-state index contributed by atoms with van der Waals surface area (Å²) in [6.07, 6.45) is 0.858. The highest BCUT2D eigenvalue weighted by Crippen LogP contribution is 2.32. The SMILES string of the molecule is CCOC(=O)c1nc(C)n(C2(C)CCOC2)c1N. The van der Waals surface area contributed by atoms with Crippen molar-refractivity contribution >= 4 is 11.8 Å². The molecule has 0 saturated carbocycles. The number of hydrogen-bond donors (Lipinski definition) is 1. The maximum absolute atomic E-state index is 11.7. The summed E-state index contributed by atoms with van der Waals surface area (Å²) in [6, 6.07) is 0. The standard InChI is InChI=1S/C12H19N3O3/c1-4-18-11(16)9-10(13)15(8(2)14-9)12(3)5-6-17-7-12/h4-7,13H2,1-3H3. The van der Waals surface area contributed by atoms with E-state index in [-0.39, 0.29) is 11.2 Å². The minimum Gasteiger partial charge on any atom is -0.461 e. The van der Waals surface area contributed by atoms with Gasteiger partial charge in [-0.3, -0.25) is 0 Å². The van der Waals surface area contributed by atoms with Gasteiger partial charge in [0, 0.05) is 6.61 Å². The summed E-state index contributed by atoms with van der Waals surface area (Å²) >= 11 is 0. The molecule has 1 aromatic heterocycles. The van der Waals surface area contributed by atoms with Crippen LogP contribution in [-0.4, -0.2) is 35.3 Å². The van der Waals surface area contributed by atoms with E-state index < -0.39 is 5.97 Å². The highest BCUT2D eigenvalue weighted by Gasteiger charge is 2.36. The van der Waals surface area contributed by atoms with Crippen molar-refractivity contribution in [2.24, 2.45) is 0 Å². The fraction of sp³-hybridized carbons (Fsp3) is 0.667. The molecule has 0 aliphatic carbocycles. The van der Waals surface area contributed by atoms with Gasteiger partial charge in [0.15, 0.2) is 5.69 Å². The Bertz CT molecular complexity index is 461. The second-order valence-electron chi connectivity index (χ2n) is 4.75.